The summed E-state index contributed by atoms with van der Waals surface area (Å²) in [5.74, 6) is 0.870. The normalized spacial score (nSPS) is 12.2. The van der Waals surface area contributed by atoms with Gasteiger partial charge in [0.1, 0.15) is 5.75 Å². The minimum absolute atomic E-state index is 0.00204. The number of rotatable bonds is 4. The Morgan fingerprint density at radius 2 is 1.89 bits per heavy atom. The highest BCUT2D eigenvalue weighted by atomic mass is 127. The van der Waals surface area contributed by atoms with Gasteiger partial charge in [0, 0.05) is 14.1 Å². The van der Waals surface area contributed by atoms with Crippen LogP contribution in [0.1, 0.15) is 17.2 Å². The lowest BCUT2D eigenvalue weighted by Gasteiger charge is -2.15. The van der Waals surface area contributed by atoms with Crippen LogP contribution >= 0.6 is 38.5 Å². The quantitative estimate of drug-likeness (QED) is 0.732. The number of methoxy groups -OCH3 is 1. The fourth-order valence-corrected chi connectivity index (χ4v) is 3.04. The molecule has 0 saturated carbocycles. The number of hydrogen-bond acceptors (Lipinski definition) is 2. The molecular weight excluding hydrogens is 417 g/mol. The molecule has 0 aromatic heterocycles. The smallest absolute Gasteiger partial charge is 0.118 e. The molecule has 0 heterocycles. The molecule has 0 amide bonds. The van der Waals surface area contributed by atoms with Gasteiger partial charge in [0.05, 0.1) is 7.11 Å². The van der Waals surface area contributed by atoms with Crippen LogP contribution in [-0.4, -0.2) is 7.11 Å². The summed E-state index contributed by atoms with van der Waals surface area (Å²) >= 11 is 5.82. The maximum Gasteiger partial charge on any atom is 0.118 e. The molecule has 2 nitrogen and oxygen atoms in total. The van der Waals surface area contributed by atoms with Gasteiger partial charge in [-0.2, -0.15) is 0 Å². The molecule has 0 aliphatic heterocycles. The van der Waals surface area contributed by atoms with Crippen molar-refractivity contribution in [2.24, 2.45) is 5.73 Å². The first-order chi connectivity index (χ1) is 9.10. The lowest BCUT2D eigenvalue weighted by molar-refractivity contribution is 0.414. The van der Waals surface area contributed by atoms with Gasteiger partial charge in [-0.25, -0.2) is 0 Å². The van der Waals surface area contributed by atoms with Crippen LogP contribution in [0.25, 0.3) is 0 Å². The summed E-state index contributed by atoms with van der Waals surface area (Å²) in [4.78, 5) is 0. The second-order valence-electron chi connectivity index (χ2n) is 4.32. The van der Waals surface area contributed by atoms with Gasteiger partial charge in [0.15, 0.2) is 0 Å². The van der Waals surface area contributed by atoms with E-state index in [-0.39, 0.29) is 6.04 Å². The van der Waals surface area contributed by atoms with Crippen LogP contribution in [0.4, 0.5) is 0 Å². The molecule has 2 aromatic carbocycles. The molecule has 2 aromatic rings. The van der Waals surface area contributed by atoms with Crippen molar-refractivity contribution in [1.29, 1.82) is 0 Å². The van der Waals surface area contributed by atoms with Crippen molar-refractivity contribution in [3.63, 3.8) is 0 Å². The van der Waals surface area contributed by atoms with Gasteiger partial charge >= 0.3 is 0 Å². The third kappa shape index (κ3) is 3.94. The number of benzene rings is 2. The Morgan fingerprint density at radius 1 is 1.21 bits per heavy atom. The van der Waals surface area contributed by atoms with Crippen LogP contribution in [0.15, 0.2) is 46.9 Å². The second kappa shape index (κ2) is 6.72. The molecular formula is C15H15BrINO. The first kappa shape index (κ1) is 14.8. The largest absolute Gasteiger partial charge is 0.497 e. The van der Waals surface area contributed by atoms with Crippen LogP contribution in [0.5, 0.6) is 5.75 Å². The maximum atomic E-state index is 6.31. The fraction of sp³-hybridized carbons (Fsp3) is 0.200. The van der Waals surface area contributed by atoms with Gasteiger partial charge in [-0.05, 0) is 70.5 Å². The van der Waals surface area contributed by atoms with E-state index >= 15 is 0 Å². The predicted octanol–water partition coefficient (Wildman–Crippen LogP) is 4.30. The molecule has 19 heavy (non-hydrogen) atoms. The molecule has 2 rings (SSSR count). The first-order valence-corrected chi connectivity index (χ1v) is 7.81. The van der Waals surface area contributed by atoms with Crippen LogP contribution < -0.4 is 10.5 Å². The summed E-state index contributed by atoms with van der Waals surface area (Å²) in [6.07, 6.45) is 0.816. The Morgan fingerprint density at radius 3 is 2.53 bits per heavy atom. The van der Waals surface area contributed by atoms with Crippen LogP contribution in [0.2, 0.25) is 0 Å². The minimum Gasteiger partial charge on any atom is -0.497 e. The van der Waals surface area contributed by atoms with Crippen molar-refractivity contribution < 1.29 is 4.74 Å². The van der Waals surface area contributed by atoms with E-state index in [0.717, 1.165) is 16.6 Å². The van der Waals surface area contributed by atoms with Gasteiger partial charge in [-0.1, -0.05) is 28.1 Å². The van der Waals surface area contributed by atoms with E-state index in [1.807, 2.05) is 18.2 Å². The number of nitrogens with two attached hydrogens (primary N) is 1. The Hall–Kier alpha value is -0.590. The topological polar surface area (TPSA) is 35.2 Å². The van der Waals surface area contributed by atoms with Crippen LogP contribution in [0.3, 0.4) is 0 Å². The molecule has 1 atom stereocenters. The average Bonchev–Trinajstić information content (AvgIpc) is 2.42. The highest BCUT2D eigenvalue weighted by Crippen LogP contribution is 2.25. The predicted molar refractivity (Wildman–Crippen MR) is 90.5 cm³/mol. The van der Waals surface area contributed by atoms with Crippen molar-refractivity contribution in [2.45, 2.75) is 12.5 Å². The fourth-order valence-electron chi connectivity index (χ4n) is 1.92. The Balaban J connectivity index is 2.15. The zero-order valence-corrected chi connectivity index (χ0v) is 14.3. The van der Waals surface area contributed by atoms with E-state index in [0.29, 0.717) is 0 Å². The Bertz CT molecular complexity index is 557. The Labute approximate surface area is 135 Å². The van der Waals surface area contributed by atoms with E-state index < -0.39 is 0 Å². The summed E-state index contributed by atoms with van der Waals surface area (Å²) in [6, 6.07) is 14.3. The van der Waals surface area contributed by atoms with E-state index in [9.17, 15) is 0 Å². The molecule has 4 heteroatoms. The summed E-state index contributed by atoms with van der Waals surface area (Å²) in [5, 5.41) is 0. The summed E-state index contributed by atoms with van der Waals surface area (Å²) < 4.78 is 7.41. The molecule has 0 aliphatic rings. The molecule has 0 saturated heterocycles. The molecule has 0 radical (unpaired) electrons. The summed E-state index contributed by atoms with van der Waals surface area (Å²) in [7, 11) is 1.67. The van der Waals surface area contributed by atoms with Crippen molar-refractivity contribution in [1.82, 2.24) is 0 Å². The van der Waals surface area contributed by atoms with Gasteiger partial charge < -0.3 is 10.5 Å². The van der Waals surface area contributed by atoms with Gasteiger partial charge in [-0.15, -0.1) is 0 Å². The molecule has 0 spiro atoms. The molecule has 2 N–H and O–H groups in total. The standard InChI is InChI=1S/C15H15BrINO/c1-19-12-5-2-10(3-6-12)8-15(18)13-9-11(16)4-7-14(13)17/h2-7,9,15H,8,18H2,1H3. The Kier molecular flexibility index (Phi) is 5.24. The van der Waals surface area contributed by atoms with Gasteiger partial charge in [0.2, 0.25) is 0 Å². The van der Waals surface area contributed by atoms with Gasteiger partial charge in [-0.3, -0.25) is 0 Å². The highest BCUT2D eigenvalue weighted by Gasteiger charge is 2.11. The highest BCUT2D eigenvalue weighted by molar-refractivity contribution is 14.1. The SMILES string of the molecule is COc1ccc(CC(N)c2cc(Br)ccc2I)cc1. The third-order valence-electron chi connectivity index (χ3n) is 2.97. The molecule has 0 fully saturated rings. The van der Waals surface area contributed by atoms with Crippen LogP contribution in [-0.2, 0) is 6.42 Å². The molecule has 1 unspecified atom stereocenters. The number of halogens is 2. The van der Waals surface area contributed by atoms with Crippen molar-refractivity contribution in [3.05, 3.63) is 61.6 Å². The minimum atomic E-state index is -0.00204. The van der Waals surface area contributed by atoms with Crippen molar-refractivity contribution >= 4 is 38.5 Å². The maximum absolute atomic E-state index is 6.31. The van der Waals surface area contributed by atoms with Gasteiger partial charge in [0.25, 0.3) is 0 Å². The second-order valence-corrected chi connectivity index (χ2v) is 6.40. The zero-order chi connectivity index (χ0) is 13.8. The van der Waals surface area contributed by atoms with Crippen LogP contribution in [0, 0.1) is 3.57 Å². The lowest BCUT2D eigenvalue weighted by Crippen LogP contribution is -2.14. The summed E-state index contributed by atoms with van der Waals surface area (Å²) in [5.41, 5.74) is 8.69. The zero-order valence-electron chi connectivity index (χ0n) is 10.6. The number of hydrogen-bond donors (Lipinski definition) is 1. The van der Waals surface area contributed by atoms with E-state index in [2.05, 4.69) is 62.8 Å². The average molecular weight is 432 g/mol. The third-order valence-corrected chi connectivity index (χ3v) is 4.45. The molecule has 0 bridgehead atoms. The number of ether oxygens (including phenoxy) is 1. The first-order valence-electron chi connectivity index (χ1n) is 5.93. The van der Waals surface area contributed by atoms with E-state index in [1.54, 1.807) is 7.11 Å². The van der Waals surface area contributed by atoms with E-state index in [4.69, 9.17) is 10.5 Å². The van der Waals surface area contributed by atoms with Crippen molar-refractivity contribution in [3.8, 4) is 5.75 Å². The van der Waals surface area contributed by atoms with Crippen molar-refractivity contribution in [2.75, 3.05) is 7.11 Å². The molecule has 0 aliphatic carbocycles. The molecule has 100 valence electrons. The lowest BCUT2D eigenvalue weighted by atomic mass is 10.00. The van der Waals surface area contributed by atoms with E-state index in [1.165, 1.54) is 14.7 Å². The monoisotopic (exact) mass is 431 g/mol. The summed E-state index contributed by atoms with van der Waals surface area (Å²) in [6.45, 7) is 0.